The van der Waals surface area contributed by atoms with E-state index in [2.05, 4.69) is 30.3 Å². The van der Waals surface area contributed by atoms with Crippen molar-refractivity contribution in [3.63, 3.8) is 0 Å². The SMILES string of the molecule is COc1ccc2cc3c(cc2c1)Oc1ccccc1-c1cc(CO)sc1-3. The quantitative estimate of drug-likeness (QED) is 0.430. The Morgan fingerprint density at radius 3 is 2.62 bits per heavy atom. The van der Waals surface area contributed by atoms with Gasteiger partial charge in [-0.1, -0.05) is 24.3 Å². The first-order chi connectivity index (χ1) is 12.8. The molecule has 0 amide bonds. The molecule has 1 N–H and O–H groups in total. The second-order valence-corrected chi connectivity index (χ2v) is 7.41. The Kier molecular flexibility index (Phi) is 3.48. The van der Waals surface area contributed by atoms with Crippen LogP contribution < -0.4 is 9.47 Å². The third kappa shape index (κ3) is 2.30. The van der Waals surface area contributed by atoms with E-state index < -0.39 is 0 Å². The lowest BCUT2D eigenvalue weighted by Gasteiger charge is -2.11. The van der Waals surface area contributed by atoms with Gasteiger partial charge in [-0.15, -0.1) is 11.3 Å². The van der Waals surface area contributed by atoms with Gasteiger partial charge in [-0.3, -0.25) is 0 Å². The van der Waals surface area contributed by atoms with E-state index in [-0.39, 0.29) is 6.61 Å². The number of methoxy groups -OCH3 is 1. The van der Waals surface area contributed by atoms with E-state index in [1.54, 1.807) is 18.4 Å². The molecule has 1 aliphatic heterocycles. The maximum Gasteiger partial charge on any atom is 0.136 e. The smallest absolute Gasteiger partial charge is 0.136 e. The molecule has 0 unspecified atom stereocenters. The molecular weight excluding hydrogens is 344 g/mol. The van der Waals surface area contributed by atoms with Crippen molar-refractivity contribution in [2.75, 3.05) is 7.11 Å². The zero-order valence-corrected chi connectivity index (χ0v) is 15.0. The van der Waals surface area contributed by atoms with Gasteiger partial charge in [0, 0.05) is 26.4 Å². The van der Waals surface area contributed by atoms with E-state index >= 15 is 0 Å². The molecule has 0 spiro atoms. The Hall–Kier alpha value is -2.82. The summed E-state index contributed by atoms with van der Waals surface area (Å²) in [6.45, 7) is 0.0425. The number of aliphatic hydroxyl groups is 1. The van der Waals surface area contributed by atoms with Crippen LogP contribution in [0, 0.1) is 0 Å². The number of thiophene rings is 1. The number of benzene rings is 3. The Bertz CT molecular complexity index is 1140. The van der Waals surface area contributed by atoms with Gasteiger partial charge in [0.15, 0.2) is 0 Å². The van der Waals surface area contributed by atoms with Crippen LogP contribution in [0.5, 0.6) is 17.2 Å². The number of para-hydroxylation sites is 1. The van der Waals surface area contributed by atoms with Crippen molar-refractivity contribution in [1.82, 2.24) is 0 Å². The summed E-state index contributed by atoms with van der Waals surface area (Å²) in [7, 11) is 1.67. The van der Waals surface area contributed by atoms with Crippen LogP contribution >= 0.6 is 11.3 Å². The van der Waals surface area contributed by atoms with Gasteiger partial charge in [0.1, 0.15) is 17.2 Å². The standard InChI is InChI=1S/C22H16O3S/c1-24-15-7-6-13-9-19-21(10-14(13)8-15)25-20-5-3-2-4-17(20)18-11-16(12-23)26-22(18)19/h2-11,23H,12H2,1H3. The number of aliphatic hydroxyl groups excluding tert-OH is 1. The fourth-order valence-corrected chi connectivity index (χ4v) is 4.51. The van der Waals surface area contributed by atoms with Crippen LogP contribution in [0.25, 0.3) is 32.3 Å². The Morgan fingerprint density at radius 1 is 0.885 bits per heavy atom. The molecule has 26 heavy (non-hydrogen) atoms. The lowest BCUT2D eigenvalue weighted by atomic mass is 10.00. The van der Waals surface area contributed by atoms with Gasteiger partial charge in [-0.25, -0.2) is 0 Å². The topological polar surface area (TPSA) is 38.7 Å². The lowest BCUT2D eigenvalue weighted by Crippen LogP contribution is -1.88. The summed E-state index contributed by atoms with van der Waals surface area (Å²) >= 11 is 1.62. The minimum Gasteiger partial charge on any atom is -0.497 e. The van der Waals surface area contributed by atoms with Crippen LogP contribution in [0.1, 0.15) is 4.88 Å². The van der Waals surface area contributed by atoms with E-state index in [1.165, 1.54) is 0 Å². The van der Waals surface area contributed by atoms with Gasteiger partial charge in [0.25, 0.3) is 0 Å². The molecule has 4 aromatic rings. The Balaban J connectivity index is 1.83. The molecule has 0 bridgehead atoms. The van der Waals surface area contributed by atoms with Crippen LogP contribution in [0.2, 0.25) is 0 Å². The van der Waals surface area contributed by atoms with Crippen LogP contribution in [-0.2, 0) is 6.61 Å². The average molecular weight is 360 g/mol. The number of ether oxygens (including phenoxy) is 2. The monoisotopic (exact) mass is 360 g/mol. The molecule has 0 atom stereocenters. The van der Waals surface area contributed by atoms with Crippen molar-refractivity contribution in [2.24, 2.45) is 0 Å². The number of hydrogen-bond donors (Lipinski definition) is 1. The lowest BCUT2D eigenvalue weighted by molar-refractivity contribution is 0.285. The molecular formula is C22H16O3S. The van der Waals surface area contributed by atoms with Crippen molar-refractivity contribution in [1.29, 1.82) is 0 Å². The Labute approximate surface area is 155 Å². The van der Waals surface area contributed by atoms with Gasteiger partial charge >= 0.3 is 0 Å². The molecule has 1 aromatic heterocycles. The summed E-state index contributed by atoms with van der Waals surface area (Å²) in [4.78, 5) is 2.08. The van der Waals surface area contributed by atoms with Gasteiger partial charge < -0.3 is 14.6 Å². The number of hydrogen-bond acceptors (Lipinski definition) is 4. The van der Waals surface area contributed by atoms with Crippen LogP contribution in [-0.4, -0.2) is 12.2 Å². The summed E-state index contributed by atoms with van der Waals surface area (Å²) in [6, 6.07) is 20.4. The van der Waals surface area contributed by atoms with Crippen molar-refractivity contribution < 1.29 is 14.6 Å². The minimum absolute atomic E-state index is 0.0425. The molecule has 3 aromatic carbocycles. The highest BCUT2D eigenvalue weighted by molar-refractivity contribution is 7.16. The highest BCUT2D eigenvalue weighted by atomic mass is 32.1. The molecule has 4 heteroatoms. The molecule has 0 fully saturated rings. The molecule has 0 radical (unpaired) electrons. The summed E-state index contributed by atoms with van der Waals surface area (Å²) in [5.41, 5.74) is 3.22. The number of fused-ring (bicyclic) bond motifs is 6. The van der Waals surface area contributed by atoms with Gasteiger partial charge in [-0.05, 0) is 47.2 Å². The molecule has 128 valence electrons. The van der Waals surface area contributed by atoms with Crippen molar-refractivity contribution >= 4 is 22.1 Å². The van der Waals surface area contributed by atoms with Crippen LogP contribution in [0.3, 0.4) is 0 Å². The van der Waals surface area contributed by atoms with Crippen LogP contribution in [0.4, 0.5) is 0 Å². The largest absolute Gasteiger partial charge is 0.497 e. The molecule has 0 aliphatic carbocycles. The number of rotatable bonds is 2. The molecule has 0 saturated carbocycles. The van der Waals surface area contributed by atoms with E-state index in [9.17, 15) is 5.11 Å². The van der Waals surface area contributed by atoms with E-state index in [1.807, 2.05) is 30.3 Å². The predicted octanol–water partition coefficient (Wildman–Crippen LogP) is 5.84. The molecule has 2 heterocycles. The molecule has 0 saturated heterocycles. The molecule has 1 aliphatic rings. The first kappa shape index (κ1) is 15.4. The van der Waals surface area contributed by atoms with Gasteiger partial charge in [-0.2, -0.15) is 0 Å². The second kappa shape index (κ2) is 5.87. The first-order valence-electron chi connectivity index (χ1n) is 8.40. The van der Waals surface area contributed by atoms with Crippen molar-refractivity contribution in [2.45, 2.75) is 6.61 Å². The summed E-state index contributed by atoms with van der Waals surface area (Å²) < 4.78 is 11.7. The molecule has 5 rings (SSSR count). The van der Waals surface area contributed by atoms with E-state index in [0.29, 0.717) is 0 Å². The fourth-order valence-electron chi connectivity index (χ4n) is 3.46. The van der Waals surface area contributed by atoms with Gasteiger partial charge in [0.05, 0.1) is 13.7 Å². The van der Waals surface area contributed by atoms with Crippen LogP contribution in [0.15, 0.2) is 60.7 Å². The first-order valence-corrected chi connectivity index (χ1v) is 9.21. The predicted molar refractivity (Wildman–Crippen MR) is 105 cm³/mol. The molecule has 3 nitrogen and oxygen atoms in total. The zero-order valence-electron chi connectivity index (χ0n) is 14.2. The maximum absolute atomic E-state index is 9.65. The van der Waals surface area contributed by atoms with E-state index in [0.717, 1.165) is 54.5 Å². The van der Waals surface area contributed by atoms with E-state index in [4.69, 9.17) is 9.47 Å². The minimum atomic E-state index is 0.0425. The zero-order chi connectivity index (χ0) is 17.7. The second-order valence-electron chi connectivity index (χ2n) is 6.27. The summed E-state index contributed by atoms with van der Waals surface area (Å²) in [5.74, 6) is 2.48. The Morgan fingerprint density at radius 2 is 1.77 bits per heavy atom. The third-order valence-corrected chi connectivity index (χ3v) is 5.88. The third-order valence-electron chi connectivity index (χ3n) is 4.73. The summed E-state index contributed by atoms with van der Waals surface area (Å²) in [5, 5.41) is 11.8. The van der Waals surface area contributed by atoms with Crippen molar-refractivity contribution in [3.8, 4) is 38.8 Å². The average Bonchev–Trinajstić information content (AvgIpc) is 3.06. The van der Waals surface area contributed by atoms with Crippen molar-refractivity contribution in [3.05, 3.63) is 65.5 Å². The maximum atomic E-state index is 9.65. The highest BCUT2D eigenvalue weighted by Crippen LogP contribution is 2.51. The fraction of sp³-hybridized carbons (Fsp3) is 0.0909. The van der Waals surface area contributed by atoms with Gasteiger partial charge in [0.2, 0.25) is 0 Å². The highest BCUT2D eigenvalue weighted by Gasteiger charge is 2.23. The summed E-state index contributed by atoms with van der Waals surface area (Å²) in [6.07, 6.45) is 0. The normalized spacial score (nSPS) is 11.9.